The molecular weight excluding hydrogens is 622 g/mol. The normalized spacial score (nSPS) is 11.1. The summed E-state index contributed by atoms with van der Waals surface area (Å²) in [5.41, 5.74) is 2.87. The summed E-state index contributed by atoms with van der Waals surface area (Å²) in [6.45, 7) is 0.520. The number of hydrogen-bond donors (Lipinski definition) is 0. The summed E-state index contributed by atoms with van der Waals surface area (Å²) in [5, 5.41) is 0.458. The third-order valence-corrected chi connectivity index (χ3v) is 8.27. The van der Waals surface area contributed by atoms with Gasteiger partial charge in [-0.2, -0.15) is 0 Å². The lowest BCUT2D eigenvalue weighted by Crippen LogP contribution is -2.28. The number of aromatic nitrogens is 1. The van der Waals surface area contributed by atoms with E-state index in [1.54, 1.807) is 37.5 Å². The molecule has 0 spiro atoms. The molecule has 0 fully saturated rings. The highest BCUT2D eigenvalue weighted by Crippen LogP contribution is 2.44. The molecule has 0 radical (unpaired) electrons. The SMILES string of the molecule is COCOc1c(C(=O)N(C)Cc2ccc(F)cc2)c(C=O)c(OCP(OCc2ccccc2)OCc2ccccc2)c2cccnc12. The van der Waals surface area contributed by atoms with Crippen LogP contribution in [0.2, 0.25) is 0 Å². The molecule has 4 aromatic carbocycles. The maximum absolute atomic E-state index is 14.1. The van der Waals surface area contributed by atoms with E-state index in [1.165, 1.54) is 24.1 Å². The molecule has 1 heterocycles. The van der Waals surface area contributed by atoms with Gasteiger partial charge in [0.2, 0.25) is 8.38 Å². The van der Waals surface area contributed by atoms with Crippen molar-refractivity contribution in [2.75, 3.05) is 27.3 Å². The van der Waals surface area contributed by atoms with Gasteiger partial charge in [0, 0.05) is 32.3 Å². The van der Waals surface area contributed by atoms with Crippen molar-refractivity contribution in [2.45, 2.75) is 19.8 Å². The summed E-state index contributed by atoms with van der Waals surface area (Å²) in [5.74, 6) is -0.687. The predicted molar refractivity (Wildman–Crippen MR) is 177 cm³/mol. The Labute approximate surface area is 273 Å². The number of halogens is 1. The number of carbonyl (C=O) groups excluding carboxylic acids is 2. The van der Waals surface area contributed by atoms with Gasteiger partial charge in [-0.1, -0.05) is 72.8 Å². The molecule has 1 amide bonds. The highest BCUT2D eigenvalue weighted by molar-refractivity contribution is 7.47. The van der Waals surface area contributed by atoms with Gasteiger partial charge >= 0.3 is 0 Å². The highest BCUT2D eigenvalue weighted by atomic mass is 31.2. The fourth-order valence-corrected chi connectivity index (χ4v) is 5.85. The molecule has 47 heavy (non-hydrogen) atoms. The van der Waals surface area contributed by atoms with Gasteiger partial charge in [0.05, 0.1) is 24.3 Å². The number of fused-ring (bicyclic) bond motifs is 1. The van der Waals surface area contributed by atoms with Gasteiger partial charge in [-0.15, -0.1) is 0 Å². The molecule has 242 valence electrons. The lowest BCUT2D eigenvalue weighted by Gasteiger charge is -2.24. The second-order valence-electron chi connectivity index (χ2n) is 10.4. The first-order valence-electron chi connectivity index (χ1n) is 14.7. The molecule has 9 nitrogen and oxygen atoms in total. The van der Waals surface area contributed by atoms with Gasteiger partial charge in [0.15, 0.2) is 25.2 Å². The molecule has 5 aromatic rings. The first-order valence-corrected chi connectivity index (χ1v) is 16.1. The predicted octanol–water partition coefficient (Wildman–Crippen LogP) is 7.52. The van der Waals surface area contributed by atoms with Crippen molar-refractivity contribution < 1.29 is 37.2 Å². The van der Waals surface area contributed by atoms with Crippen molar-refractivity contribution in [3.8, 4) is 11.5 Å². The summed E-state index contributed by atoms with van der Waals surface area (Å²) in [6, 6.07) is 28.6. The molecule has 0 saturated carbocycles. The zero-order valence-corrected chi connectivity index (χ0v) is 26.9. The van der Waals surface area contributed by atoms with E-state index < -0.39 is 14.3 Å². The molecule has 11 heteroatoms. The monoisotopic (exact) mass is 656 g/mol. The molecule has 1 aromatic heterocycles. The average Bonchev–Trinajstić information content (AvgIpc) is 3.11. The van der Waals surface area contributed by atoms with Crippen molar-refractivity contribution in [2.24, 2.45) is 0 Å². The Balaban J connectivity index is 1.49. The zero-order chi connectivity index (χ0) is 33.0. The van der Waals surface area contributed by atoms with Crippen LogP contribution < -0.4 is 9.47 Å². The van der Waals surface area contributed by atoms with Crippen molar-refractivity contribution >= 4 is 31.5 Å². The maximum Gasteiger partial charge on any atom is 0.258 e. The van der Waals surface area contributed by atoms with Crippen molar-refractivity contribution in [1.82, 2.24) is 9.88 Å². The Hall–Kier alpha value is -4.73. The summed E-state index contributed by atoms with van der Waals surface area (Å²) in [6.07, 6.45) is 2.08. The van der Waals surface area contributed by atoms with E-state index in [-0.39, 0.29) is 61.3 Å². The van der Waals surface area contributed by atoms with Crippen LogP contribution >= 0.6 is 8.38 Å². The Morgan fingerprint density at radius 1 is 0.830 bits per heavy atom. The number of amides is 1. The van der Waals surface area contributed by atoms with Crippen LogP contribution in [0.5, 0.6) is 11.5 Å². The molecule has 0 atom stereocenters. The molecule has 0 aliphatic carbocycles. The van der Waals surface area contributed by atoms with Crippen LogP contribution in [0.3, 0.4) is 0 Å². The van der Waals surface area contributed by atoms with Crippen LogP contribution in [0.25, 0.3) is 10.9 Å². The summed E-state index contributed by atoms with van der Waals surface area (Å²) in [4.78, 5) is 32.8. The van der Waals surface area contributed by atoms with E-state index in [0.29, 0.717) is 22.8 Å². The fraction of sp³-hybridized carbons (Fsp3) is 0.194. The number of carbonyl (C=O) groups is 2. The van der Waals surface area contributed by atoms with E-state index in [4.69, 9.17) is 23.3 Å². The lowest BCUT2D eigenvalue weighted by atomic mass is 9.99. The number of ether oxygens (including phenoxy) is 3. The first kappa shape index (κ1) is 33.6. The van der Waals surface area contributed by atoms with Gasteiger partial charge < -0.3 is 28.2 Å². The van der Waals surface area contributed by atoms with Crippen molar-refractivity contribution in [1.29, 1.82) is 0 Å². The molecular formula is C36H34FN2O7P. The van der Waals surface area contributed by atoms with Gasteiger partial charge in [0.1, 0.15) is 17.1 Å². The van der Waals surface area contributed by atoms with E-state index >= 15 is 0 Å². The summed E-state index contributed by atoms with van der Waals surface area (Å²) >= 11 is 0. The van der Waals surface area contributed by atoms with Gasteiger partial charge in [-0.3, -0.25) is 14.6 Å². The number of rotatable bonds is 16. The molecule has 0 aliphatic heterocycles. The van der Waals surface area contributed by atoms with Gasteiger partial charge in [0.25, 0.3) is 5.91 Å². The number of aldehydes is 1. The topological polar surface area (TPSA) is 96.4 Å². The van der Waals surface area contributed by atoms with Crippen LogP contribution in [0.1, 0.15) is 37.4 Å². The minimum atomic E-state index is -1.63. The second-order valence-corrected chi connectivity index (χ2v) is 11.9. The number of nitrogens with zero attached hydrogens (tertiary/aromatic N) is 2. The van der Waals surface area contributed by atoms with Gasteiger partial charge in [-0.25, -0.2) is 4.39 Å². The third-order valence-electron chi connectivity index (χ3n) is 7.09. The zero-order valence-electron chi connectivity index (χ0n) is 26.0. The number of pyridine rings is 1. The summed E-state index contributed by atoms with van der Waals surface area (Å²) in [7, 11) is 1.40. The highest BCUT2D eigenvalue weighted by Gasteiger charge is 2.30. The Kier molecular flexibility index (Phi) is 12.0. The Bertz CT molecular complexity index is 1730. The number of methoxy groups -OCH3 is 1. The Morgan fingerprint density at radius 2 is 1.47 bits per heavy atom. The standard InChI is InChI=1S/C36H34FN2O7P/c1-39(20-26-15-17-29(37)18-16-26)36(41)32-31(21-40)34(30-14-9-19-38-33(30)35(32)43-24-42-2)44-25-47(45-22-27-10-5-3-6-11-27)46-23-28-12-7-4-8-13-28/h3-19,21H,20,22-25H2,1-2H3. The van der Waals surface area contributed by atoms with Crippen LogP contribution in [0.4, 0.5) is 4.39 Å². The number of benzene rings is 4. The fourth-order valence-electron chi connectivity index (χ4n) is 4.80. The first-order chi connectivity index (χ1) is 23.0. The maximum atomic E-state index is 14.1. The minimum absolute atomic E-state index is 0.0198. The van der Waals surface area contributed by atoms with E-state index in [1.807, 2.05) is 60.7 Å². The lowest BCUT2D eigenvalue weighted by molar-refractivity contribution is 0.0500. The third kappa shape index (κ3) is 8.75. The van der Waals surface area contributed by atoms with Crippen molar-refractivity contribution in [3.05, 3.63) is 137 Å². The van der Waals surface area contributed by atoms with E-state index in [0.717, 1.165) is 11.1 Å². The van der Waals surface area contributed by atoms with E-state index in [2.05, 4.69) is 4.98 Å². The smallest absolute Gasteiger partial charge is 0.258 e. The van der Waals surface area contributed by atoms with Crippen molar-refractivity contribution in [3.63, 3.8) is 0 Å². The molecule has 0 aliphatic rings. The molecule has 0 N–H and O–H groups in total. The molecule has 5 rings (SSSR count). The Morgan fingerprint density at radius 3 is 2.06 bits per heavy atom. The molecule has 0 saturated heterocycles. The van der Waals surface area contributed by atoms with Crippen LogP contribution in [-0.4, -0.2) is 49.4 Å². The van der Waals surface area contributed by atoms with Crippen LogP contribution in [0.15, 0.2) is 103 Å². The number of hydrogen-bond acceptors (Lipinski definition) is 8. The average molecular weight is 657 g/mol. The second kappa shape index (κ2) is 16.7. The van der Waals surface area contributed by atoms with Crippen LogP contribution in [0, 0.1) is 5.82 Å². The van der Waals surface area contributed by atoms with Gasteiger partial charge in [-0.05, 0) is 41.0 Å². The summed E-state index contributed by atoms with van der Waals surface area (Å²) < 4.78 is 43.3. The molecule has 0 unspecified atom stereocenters. The minimum Gasteiger partial charge on any atom is -0.483 e. The van der Waals surface area contributed by atoms with Crippen LogP contribution in [-0.2, 0) is 33.5 Å². The molecule has 0 bridgehead atoms. The van der Waals surface area contributed by atoms with E-state index in [9.17, 15) is 14.0 Å². The quantitative estimate of drug-likeness (QED) is 0.0612. The largest absolute Gasteiger partial charge is 0.483 e.